The van der Waals surface area contributed by atoms with Crippen molar-refractivity contribution in [3.8, 4) is 11.1 Å². The number of nitrogens with zero attached hydrogens (tertiary/aromatic N) is 7. The van der Waals surface area contributed by atoms with Gasteiger partial charge in [-0.05, 0) is 37.1 Å². The molecular formula is C26H35N7OSSi. The van der Waals surface area contributed by atoms with Crippen LogP contribution in [0.5, 0.6) is 0 Å². The molecule has 4 aromatic rings. The number of pyridine rings is 2. The van der Waals surface area contributed by atoms with Gasteiger partial charge in [0.25, 0.3) is 0 Å². The third kappa shape index (κ3) is 5.66. The van der Waals surface area contributed by atoms with Gasteiger partial charge in [0.05, 0.1) is 16.7 Å². The number of aromatic nitrogens is 6. The Hall–Kier alpha value is -2.69. The van der Waals surface area contributed by atoms with Crippen LogP contribution in [0.4, 0.5) is 10.9 Å². The lowest BCUT2D eigenvalue weighted by Gasteiger charge is -2.22. The summed E-state index contributed by atoms with van der Waals surface area (Å²) in [4.78, 5) is 11.8. The van der Waals surface area contributed by atoms with E-state index in [1.54, 1.807) is 11.3 Å². The number of fused-ring (bicyclic) bond motifs is 1. The van der Waals surface area contributed by atoms with Gasteiger partial charge in [-0.15, -0.1) is 10.2 Å². The van der Waals surface area contributed by atoms with Crippen molar-refractivity contribution in [3.63, 3.8) is 0 Å². The van der Waals surface area contributed by atoms with Crippen molar-refractivity contribution in [1.82, 2.24) is 29.9 Å². The molecule has 1 saturated carbocycles. The summed E-state index contributed by atoms with van der Waals surface area (Å²) in [5, 5.41) is 15.4. The molecule has 4 heterocycles. The zero-order valence-corrected chi connectivity index (χ0v) is 23.8. The Bertz CT molecular complexity index is 1360. The summed E-state index contributed by atoms with van der Waals surface area (Å²) in [5.74, 6) is 1.67. The largest absolute Gasteiger partial charge is 0.361 e. The molecule has 0 spiro atoms. The molecule has 0 radical (unpaired) electrons. The fourth-order valence-corrected chi connectivity index (χ4v) is 5.60. The number of aryl methyl sites for hydroxylation is 1. The summed E-state index contributed by atoms with van der Waals surface area (Å²) in [6.45, 7) is 12.5. The first-order chi connectivity index (χ1) is 17.2. The summed E-state index contributed by atoms with van der Waals surface area (Å²) in [6.07, 6.45) is 6.44. The first kappa shape index (κ1) is 25.0. The van der Waals surface area contributed by atoms with Crippen LogP contribution in [0.25, 0.3) is 22.2 Å². The van der Waals surface area contributed by atoms with Crippen LogP contribution in [0.3, 0.4) is 0 Å². The van der Waals surface area contributed by atoms with Crippen molar-refractivity contribution < 1.29 is 4.74 Å². The molecule has 0 saturated heterocycles. The third-order valence-corrected chi connectivity index (χ3v) is 9.25. The zero-order chi connectivity index (χ0) is 25.4. The van der Waals surface area contributed by atoms with E-state index in [9.17, 15) is 0 Å². The van der Waals surface area contributed by atoms with E-state index in [-0.39, 0.29) is 0 Å². The highest BCUT2D eigenvalue weighted by Crippen LogP contribution is 2.43. The fourth-order valence-electron chi connectivity index (χ4n) is 4.00. The van der Waals surface area contributed by atoms with Crippen LogP contribution in [-0.4, -0.2) is 51.4 Å². The van der Waals surface area contributed by atoms with E-state index >= 15 is 0 Å². The van der Waals surface area contributed by atoms with E-state index < -0.39 is 8.07 Å². The molecule has 0 atom stereocenters. The van der Waals surface area contributed by atoms with Crippen molar-refractivity contribution >= 4 is 41.4 Å². The average molecular weight is 522 g/mol. The Kier molecular flexibility index (Phi) is 6.93. The van der Waals surface area contributed by atoms with Crippen LogP contribution < -0.4 is 4.90 Å². The van der Waals surface area contributed by atoms with Gasteiger partial charge in [-0.1, -0.05) is 44.8 Å². The van der Waals surface area contributed by atoms with Crippen LogP contribution in [0.2, 0.25) is 25.7 Å². The van der Waals surface area contributed by atoms with Crippen molar-refractivity contribution in [3.05, 3.63) is 41.3 Å². The quantitative estimate of drug-likeness (QED) is 0.137. The van der Waals surface area contributed by atoms with Gasteiger partial charge in [-0.25, -0.2) is 4.98 Å². The molecule has 0 N–H and O–H groups in total. The molecule has 8 nitrogen and oxygen atoms in total. The first-order valence-electron chi connectivity index (χ1n) is 12.7. The second-order valence-electron chi connectivity index (χ2n) is 11.2. The third-order valence-electron chi connectivity index (χ3n) is 6.30. The van der Waals surface area contributed by atoms with Gasteiger partial charge in [0.15, 0.2) is 0 Å². The molecule has 0 aromatic carbocycles. The van der Waals surface area contributed by atoms with E-state index in [1.165, 1.54) is 18.5 Å². The van der Waals surface area contributed by atoms with E-state index in [4.69, 9.17) is 19.8 Å². The van der Waals surface area contributed by atoms with Crippen molar-refractivity contribution in [2.24, 2.45) is 7.05 Å². The number of hydrogen-bond donors (Lipinski definition) is 0. The van der Waals surface area contributed by atoms with Crippen LogP contribution in [0, 0.1) is 0 Å². The van der Waals surface area contributed by atoms with Gasteiger partial charge in [-0.3, -0.25) is 14.6 Å². The van der Waals surface area contributed by atoms with Crippen molar-refractivity contribution in [2.75, 3.05) is 18.2 Å². The van der Waals surface area contributed by atoms with Gasteiger partial charge in [0, 0.05) is 57.1 Å². The molecule has 1 fully saturated rings. The van der Waals surface area contributed by atoms with Crippen LogP contribution in [-0.2, 0) is 11.8 Å². The lowest BCUT2D eigenvalue weighted by molar-refractivity contribution is 0.153. The Labute approximate surface area is 217 Å². The molecule has 190 valence electrons. The summed E-state index contributed by atoms with van der Waals surface area (Å²) in [7, 11) is 0.800. The van der Waals surface area contributed by atoms with Gasteiger partial charge in [0.1, 0.15) is 17.6 Å². The Morgan fingerprint density at radius 1 is 1.17 bits per heavy atom. The van der Waals surface area contributed by atoms with Gasteiger partial charge < -0.3 is 4.74 Å². The molecule has 4 aromatic heterocycles. The highest BCUT2D eigenvalue weighted by atomic mass is 32.1. The Morgan fingerprint density at radius 2 is 1.97 bits per heavy atom. The predicted octanol–water partition coefficient (Wildman–Crippen LogP) is 6.33. The molecule has 0 unspecified atom stereocenters. The molecule has 0 aliphatic heterocycles. The minimum absolute atomic E-state index is 0.322. The zero-order valence-electron chi connectivity index (χ0n) is 22.0. The maximum Gasteiger partial charge on any atom is 0.215 e. The number of hydrogen-bond acceptors (Lipinski definition) is 8. The first-order valence-corrected chi connectivity index (χ1v) is 17.2. The molecular weight excluding hydrogens is 486 g/mol. The smallest absolute Gasteiger partial charge is 0.215 e. The molecule has 1 aliphatic rings. The highest BCUT2D eigenvalue weighted by Gasteiger charge is 2.29. The van der Waals surface area contributed by atoms with E-state index in [2.05, 4.69) is 55.9 Å². The molecule has 10 heteroatoms. The average Bonchev–Trinajstić information content (AvgIpc) is 3.42. The minimum Gasteiger partial charge on any atom is -0.361 e. The second-order valence-corrected chi connectivity index (χ2v) is 17.8. The van der Waals surface area contributed by atoms with Gasteiger partial charge >= 0.3 is 0 Å². The second kappa shape index (κ2) is 9.99. The fraction of sp³-hybridized carbons (Fsp3) is 0.500. The molecule has 1 aliphatic carbocycles. The van der Waals surface area contributed by atoms with E-state index in [0.717, 1.165) is 50.8 Å². The maximum atomic E-state index is 6.14. The van der Waals surface area contributed by atoms with E-state index in [1.807, 2.05) is 35.0 Å². The van der Waals surface area contributed by atoms with Crippen LogP contribution in [0.1, 0.15) is 49.2 Å². The summed E-state index contributed by atoms with van der Waals surface area (Å²) in [6, 6.07) is 7.25. The summed E-state index contributed by atoms with van der Waals surface area (Å²) in [5.41, 5.74) is 5.08. The van der Waals surface area contributed by atoms with Crippen molar-refractivity contribution in [2.45, 2.75) is 64.2 Å². The van der Waals surface area contributed by atoms with Crippen molar-refractivity contribution in [1.29, 1.82) is 0 Å². The van der Waals surface area contributed by atoms with E-state index in [0.29, 0.717) is 18.6 Å². The van der Waals surface area contributed by atoms with Crippen LogP contribution >= 0.6 is 11.3 Å². The standard InChI is InChI=1S/C26H35N7OSSi/c1-17(2)25-29-30-26(35-25)33(16-34-11-12-36(4,5)6)23-10-9-21-22(28-23)13-19(14-27-21)20-15-32(3)31-24(20)18-7-8-18/h9-10,13-15,17-18H,7-8,11-12,16H2,1-6H3. The number of rotatable bonds is 10. The Balaban J connectivity index is 1.47. The SMILES string of the molecule is CC(C)c1nnc(N(COCC[Si](C)(C)C)c2ccc3ncc(-c4cn(C)nc4C4CC4)cc3n2)s1. The molecule has 5 rings (SSSR count). The van der Waals surface area contributed by atoms with Gasteiger partial charge in [-0.2, -0.15) is 5.10 Å². The number of ether oxygens (including phenoxy) is 1. The normalized spacial score (nSPS) is 14.2. The molecule has 0 amide bonds. The Morgan fingerprint density at radius 3 is 2.67 bits per heavy atom. The monoisotopic (exact) mass is 521 g/mol. The summed E-state index contributed by atoms with van der Waals surface area (Å²) >= 11 is 1.59. The lowest BCUT2D eigenvalue weighted by atomic mass is 10.1. The predicted molar refractivity (Wildman–Crippen MR) is 149 cm³/mol. The maximum absolute atomic E-state index is 6.14. The topological polar surface area (TPSA) is 81.9 Å². The molecule has 0 bridgehead atoms. The lowest BCUT2D eigenvalue weighted by Crippen LogP contribution is -2.26. The number of anilines is 2. The summed E-state index contributed by atoms with van der Waals surface area (Å²) < 4.78 is 8.04. The van der Waals surface area contributed by atoms with Crippen LogP contribution in [0.15, 0.2) is 30.6 Å². The minimum atomic E-state index is -1.18. The van der Waals surface area contributed by atoms with Gasteiger partial charge in [0.2, 0.25) is 5.13 Å². The molecule has 36 heavy (non-hydrogen) atoms. The highest BCUT2D eigenvalue weighted by molar-refractivity contribution is 7.15.